The average molecular weight is 343 g/mol. The lowest BCUT2D eigenvalue weighted by Crippen LogP contribution is -2.28. The average Bonchev–Trinajstić information content (AvgIpc) is 2.92. The van der Waals surface area contributed by atoms with Crippen LogP contribution in [0.25, 0.3) is 0 Å². The van der Waals surface area contributed by atoms with Crippen LogP contribution in [0.2, 0.25) is 5.02 Å². The second-order valence-electron chi connectivity index (χ2n) is 6.12. The van der Waals surface area contributed by atoms with E-state index in [0.717, 1.165) is 16.8 Å². The number of rotatable bonds is 3. The summed E-state index contributed by atoms with van der Waals surface area (Å²) >= 11 is 5.93. The van der Waals surface area contributed by atoms with Crippen LogP contribution in [0.1, 0.15) is 17.5 Å². The molecule has 0 spiro atoms. The number of carbonyl (C=O) groups is 2. The lowest BCUT2D eigenvalue weighted by molar-refractivity contribution is -0.122. The van der Waals surface area contributed by atoms with Crippen molar-refractivity contribution < 1.29 is 9.59 Å². The van der Waals surface area contributed by atoms with E-state index < -0.39 is 0 Å². The predicted molar refractivity (Wildman–Crippen MR) is 96.5 cm³/mol. The molecule has 0 unspecified atom stereocenters. The zero-order valence-electron chi connectivity index (χ0n) is 13.7. The van der Waals surface area contributed by atoms with Gasteiger partial charge in [0, 0.05) is 29.4 Å². The number of hydrogen-bond donors (Lipinski definition) is 1. The third kappa shape index (κ3) is 3.29. The Balaban J connectivity index is 1.74. The van der Waals surface area contributed by atoms with Crippen molar-refractivity contribution in [3.8, 4) is 0 Å². The third-order valence-corrected chi connectivity index (χ3v) is 4.69. The molecule has 124 valence electrons. The van der Waals surface area contributed by atoms with Crippen LogP contribution in [-0.4, -0.2) is 18.4 Å². The quantitative estimate of drug-likeness (QED) is 0.918. The molecule has 0 saturated carbocycles. The highest BCUT2D eigenvalue weighted by Crippen LogP contribution is 2.30. The van der Waals surface area contributed by atoms with Crippen molar-refractivity contribution in [2.24, 2.45) is 5.92 Å². The molecule has 2 aromatic rings. The van der Waals surface area contributed by atoms with Crippen molar-refractivity contribution in [3.63, 3.8) is 0 Å². The lowest BCUT2D eigenvalue weighted by Gasteiger charge is -2.20. The summed E-state index contributed by atoms with van der Waals surface area (Å²) in [7, 11) is 0. The first-order valence-corrected chi connectivity index (χ1v) is 8.26. The molecule has 1 heterocycles. The number of amides is 2. The second kappa shape index (κ2) is 6.65. The molecule has 1 saturated heterocycles. The summed E-state index contributed by atoms with van der Waals surface area (Å²) in [6.45, 7) is 4.41. The number of hydrogen-bond acceptors (Lipinski definition) is 2. The van der Waals surface area contributed by atoms with Crippen molar-refractivity contribution in [3.05, 3.63) is 58.6 Å². The smallest absolute Gasteiger partial charge is 0.229 e. The maximum absolute atomic E-state index is 12.5. The molecule has 1 aliphatic heterocycles. The summed E-state index contributed by atoms with van der Waals surface area (Å²) in [5, 5.41) is 3.40. The molecular weight excluding hydrogens is 324 g/mol. The monoisotopic (exact) mass is 342 g/mol. The maximum Gasteiger partial charge on any atom is 0.229 e. The number of halogens is 1. The van der Waals surface area contributed by atoms with Crippen LogP contribution in [0.3, 0.4) is 0 Å². The van der Waals surface area contributed by atoms with E-state index in [-0.39, 0.29) is 24.2 Å². The Morgan fingerprint density at radius 3 is 2.71 bits per heavy atom. The fourth-order valence-corrected chi connectivity index (χ4v) is 3.14. The van der Waals surface area contributed by atoms with E-state index in [4.69, 9.17) is 11.6 Å². The van der Waals surface area contributed by atoms with Gasteiger partial charge in [-0.15, -0.1) is 0 Å². The van der Waals surface area contributed by atoms with Crippen LogP contribution in [0.5, 0.6) is 0 Å². The van der Waals surface area contributed by atoms with Gasteiger partial charge in [-0.1, -0.05) is 29.8 Å². The van der Waals surface area contributed by atoms with Crippen molar-refractivity contribution in [2.45, 2.75) is 20.3 Å². The molecule has 2 amide bonds. The SMILES string of the molecule is Cc1cccc(N2C[C@H](C(=O)Nc3cccc(Cl)c3)CC2=O)c1C. The van der Waals surface area contributed by atoms with E-state index in [2.05, 4.69) is 5.32 Å². The summed E-state index contributed by atoms with van der Waals surface area (Å²) in [5.74, 6) is -0.537. The molecule has 5 heteroatoms. The maximum atomic E-state index is 12.5. The Hall–Kier alpha value is -2.33. The first-order valence-electron chi connectivity index (χ1n) is 7.88. The number of nitrogens with one attached hydrogen (secondary N) is 1. The van der Waals surface area contributed by atoms with E-state index in [0.29, 0.717) is 17.3 Å². The van der Waals surface area contributed by atoms with Crippen LogP contribution in [0.15, 0.2) is 42.5 Å². The van der Waals surface area contributed by atoms with Gasteiger partial charge in [0.1, 0.15) is 0 Å². The Morgan fingerprint density at radius 1 is 1.21 bits per heavy atom. The van der Waals surface area contributed by atoms with Crippen molar-refractivity contribution in [1.29, 1.82) is 0 Å². The summed E-state index contributed by atoms with van der Waals surface area (Å²) in [6.07, 6.45) is 0.222. The minimum absolute atomic E-state index is 0.0186. The van der Waals surface area contributed by atoms with E-state index in [1.54, 1.807) is 29.2 Å². The zero-order valence-corrected chi connectivity index (χ0v) is 14.4. The number of anilines is 2. The minimum atomic E-state index is -0.364. The highest BCUT2D eigenvalue weighted by molar-refractivity contribution is 6.30. The van der Waals surface area contributed by atoms with Crippen molar-refractivity contribution in [1.82, 2.24) is 0 Å². The van der Waals surface area contributed by atoms with E-state index in [1.165, 1.54) is 0 Å². The number of nitrogens with zero attached hydrogens (tertiary/aromatic N) is 1. The Morgan fingerprint density at radius 2 is 1.96 bits per heavy atom. The van der Waals surface area contributed by atoms with Crippen LogP contribution >= 0.6 is 11.6 Å². The standard InChI is InChI=1S/C19H19ClN2O2/c1-12-5-3-8-17(13(12)2)22-11-14(9-18(22)23)19(24)21-16-7-4-6-15(20)10-16/h3-8,10,14H,9,11H2,1-2H3,(H,21,24)/t14-/m1/s1. The first-order chi connectivity index (χ1) is 11.5. The third-order valence-electron chi connectivity index (χ3n) is 4.45. The molecule has 1 aliphatic rings. The molecule has 24 heavy (non-hydrogen) atoms. The molecule has 0 bridgehead atoms. The molecule has 0 aliphatic carbocycles. The van der Waals surface area contributed by atoms with Gasteiger partial charge >= 0.3 is 0 Å². The van der Waals surface area contributed by atoms with E-state index >= 15 is 0 Å². The van der Waals surface area contributed by atoms with E-state index in [1.807, 2.05) is 32.0 Å². The Bertz CT molecular complexity index is 804. The summed E-state index contributed by atoms with van der Waals surface area (Å²) in [4.78, 5) is 26.6. The second-order valence-corrected chi connectivity index (χ2v) is 6.56. The highest BCUT2D eigenvalue weighted by Gasteiger charge is 2.35. The van der Waals surface area contributed by atoms with Gasteiger partial charge < -0.3 is 10.2 Å². The molecule has 1 atom stereocenters. The van der Waals surface area contributed by atoms with Gasteiger partial charge in [-0.2, -0.15) is 0 Å². The van der Waals surface area contributed by atoms with Crippen LogP contribution in [-0.2, 0) is 9.59 Å². The van der Waals surface area contributed by atoms with Crippen LogP contribution in [0.4, 0.5) is 11.4 Å². The fraction of sp³-hybridized carbons (Fsp3) is 0.263. The summed E-state index contributed by atoms with van der Waals surface area (Å²) < 4.78 is 0. The topological polar surface area (TPSA) is 49.4 Å². The van der Waals surface area contributed by atoms with Crippen LogP contribution in [0, 0.1) is 19.8 Å². The van der Waals surface area contributed by atoms with Gasteiger partial charge in [0.2, 0.25) is 11.8 Å². The molecule has 0 aromatic heterocycles. The normalized spacial score (nSPS) is 17.2. The Labute approximate surface area is 146 Å². The summed E-state index contributed by atoms with van der Waals surface area (Å²) in [5.41, 5.74) is 3.73. The van der Waals surface area contributed by atoms with Gasteiger partial charge in [0.15, 0.2) is 0 Å². The van der Waals surface area contributed by atoms with Gasteiger partial charge in [-0.25, -0.2) is 0 Å². The molecule has 3 rings (SSSR count). The van der Waals surface area contributed by atoms with Crippen LogP contribution < -0.4 is 10.2 Å². The number of aryl methyl sites for hydroxylation is 1. The summed E-state index contributed by atoms with van der Waals surface area (Å²) in [6, 6.07) is 12.9. The molecule has 4 nitrogen and oxygen atoms in total. The minimum Gasteiger partial charge on any atom is -0.326 e. The zero-order chi connectivity index (χ0) is 17.3. The van der Waals surface area contributed by atoms with Crippen molar-refractivity contribution >= 4 is 34.8 Å². The van der Waals surface area contributed by atoms with Gasteiger partial charge in [-0.3, -0.25) is 9.59 Å². The highest BCUT2D eigenvalue weighted by atomic mass is 35.5. The predicted octanol–water partition coefficient (Wildman–Crippen LogP) is 3.95. The van der Waals surface area contributed by atoms with Gasteiger partial charge in [0.05, 0.1) is 5.92 Å². The molecule has 0 radical (unpaired) electrons. The fourth-order valence-electron chi connectivity index (χ4n) is 2.95. The van der Waals surface area contributed by atoms with Crippen molar-refractivity contribution in [2.75, 3.05) is 16.8 Å². The number of benzene rings is 2. The first kappa shape index (κ1) is 16.5. The van der Waals surface area contributed by atoms with Gasteiger partial charge in [-0.05, 0) is 49.2 Å². The Kier molecular flexibility index (Phi) is 4.58. The lowest BCUT2D eigenvalue weighted by atomic mass is 10.1. The molecule has 1 N–H and O–H groups in total. The largest absolute Gasteiger partial charge is 0.326 e. The van der Waals surface area contributed by atoms with E-state index in [9.17, 15) is 9.59 Å². The molecular formula is C19H19ClN2O2. The molecule has 2 aromatic carbocycles. The number of carbonyl (C=O) groups excluding carboxylic acids is 2. The van der Waals surface area contributed by atoms with Gasteiger partial charge in [0.25, 0.3) is 0 Å². The molecule has 1 fully saturated rings.